The maximum absolute atomic E-state index is 12.9. The van der Waals surface area contributed by atoms with Crippen LogP contribution in [0.2, 0.25) is 0 Å². The highest BCUT2D eigenvalue weighted by atomic mass is 19.1. The van der Waals surface area contributed by atoms with Crippen LogP contribution in [0.3, 0.4) is 0 Å². The van der Waals surface area contributed by atoms with E-state index in [0.29, 0.717) is 17.1 Å². The van der Waals surface area contributed by atoms with E-state index in [-0.39, 0.29) is 5.82 Å². The Morgan fingerprint density at radius 1 is 1.11 bits per heavy atom. The second-order valence-corrected chi connectivity index (χ2v) is 4.70. The maximum Gasteiger partial charge on any atom is 0.123 e. The van der Waals surface area contributed by atoms with Crippen molar-refractivity contribution < 1.29 is 9.50 Å². The van der Waals surface area contributed by atoms with Crippen LogP contribution in [-0.2, 0) is 5.60 Å². The summed E-state index contributed by atoms with van der Waals surface area (Å²) in [5, 5.41) is 9.98. The van der Waals surface area contributed by atoms with Crippen molar-refractivity contribution in [1.82, 2.24) is 4.98 Å². The molecule has 0 aliphatic heterocycles. The highest BCUT2D eigenvalue weighted by Crippen LogP contribution is 2.27. The first kappa shape index (κ1) is 12.5. The molecule has 0 radical (unpaired) electrons. The Morgan fingerprint density at radius 3 is 2.28 bits per heavy atom. The van der Waals surface area contributed by atoms with Crippen molar-refractivity contribution in [1.29, 1.82) is 0 Å². The van der Waals surface area contributed by atoms with Crippen LogP contribution in [0.25, 0.3) is 11.3 Å². The van der Waals surface area contributed by atoms with Crippen molar-refractivity contribution in [2.75, 3.05) is 5.73 Å². The van der Waals surface area contributed by atoms with Crippen LogP contribution in [0.4, 0.5) is 10.1 Å². The van der Waals surface area contributed by atoms with E-state index in [0.717, 1.165) is 5.56 Å². The number of halogens is 1. The first-order valence-corrected chi connectivity index (χ1v) is 5.63. The summed E-state index contributed by atoms with van der Waals surface area (Å²) in [4.78, 5) is 4.35. The predicted molar refractivity (Wildman–Crippen MR) is 69.3 cm³/mol. The molecular formula is C14H15FN2O. The molecule has 0 unspecified atom stereocenters. The summed E-state index contributed by atoms with van der Waals surface area (Å²) in [5.41, 5.74) is 6.98. The SMILES string of the molecule is CC(C)(O)c1nc(-c2ccc(F)cc2)ccc1N. The van der Waals surface area contributed by atoms with Crippen molar-refractivity contribution >= 4 is 5.69 Å². The summed E-state index contributed by atoms with van der Waals surface area (Å²) in [7, 11) is 0. The standard InChI is InChI=1S/C14H15FN2O/c1-14(2,18)13-11(16)7-8-12(17-13)9-3-5-10(15)6-4-9/h3-8,18H,16H2,1-2H3. The third kappa shape index (κ3) is 2.49. The molecule has 0 bridgehead atoms. The number of nitrogen functional groups attached to an aromatic ring is 1. The monoisotopic (exact) mass is 246 g/mol. The van der Waals surface area contributed by atoms with Crippen LogP contribution in [0.15, 0.2) is 36.4 Å². The molecule has 1 heterocycles. The molecule has 3 nitrogen and oxygen atoms in total. The van der Waals surface area contributed by atoms with Gasteiger partial charge >= 0.3 is 0 Å². The molecule has 0 saturated heterocycles. The minimum absolute atomic E-state index is 0.295. The molecule has 4 heteroatoms. The first-order chi connectivity index (χ1) is 8.38. The Kier molecular flexibility index (Phi) is 3.05. The zero-order valence-electron chi connectivity index (χ0n) is 10.3. The predicted octanol–water partition coefficient (Wildman–Crippen LogP) is 2.70. The Balaban J connectivity index is 2.50. The molecule has 18 heavy (non-hydrogen) atoms. The molecule has 0 aliphatic carbocycles. The van der Waals surface area contributed by atoms with Crippen molar-refractivity contribution in [3.8, 4) is 11.3 Å². The molecule has 0 aliphatic rings. The fourth-order valence-electron chi connectivity index (χ4n) is 1.74. The topological polar surface area (TPSA) is 59.1 Å². The largest absolute Gasteiger partial charge is 0.397 e. The van der Waals surface area contributed by atoms with E-state index in [9.17, 15) is 9.50 Å². The number of nitrogens with zero attached hydrogens (tertiary/aromatic N) is 1. The Hall–Kier alpha value is -1.94. The number of aliphatic hydroxyl groups is 1. The zero-order valence-corrected chi connectivity index (χ0v) is 10.3. The lowest BCUT2D eigenvalue weighted by Crippen LogP contribution is -2.20. The smallest absolute Gasteiger partial charge is 0.123 e. The molecule has 2 aromatic rings. The lowest BCUT2D eigenvalue weighted by molar-refractivity contribution is 0.0748. The molecule has 0 atom stereocenters. The summed E-state index contributed by atoms with van der Waals surface area (Å²) in [6.45, 7) is 3.25. The minimum atomic E-state index is -1.11. The molecular weight excluding hydrogens is 231 g/mol. The second kappa shape index (κ2) is 4.38. The number of hydrogen-bond acceptors (Lipinski definition) is 3. The number of rotatable bonds is 2. The average molecular weight is 246 g/mol. The van der Waals surface area contributed by atoms with Gasteiger partial charge in [0, 0.05) is 5.56 Å². The van der Waals surface area contributed by atoms with Gasteiger partial charge in [0.2, 0.25) is 0 Å². The molecule has 0 saturated carbocycles. The second-order valence-electron chi connectivity index (χ2n) is 4.70. The lowest BCUT2D eigenvalue weighted by atomic mass is 10.0. The van der Waals surface area contributed by atoms with Crippen LogP contribution in [0.1, 0.15) is 19.5 Å². The molecule has 0 fully saturated rings. The third-order valence-corrected chi connectivity index (χ3v) is 2.65. The summed E-state index contributed by atoms with van der Waals surface area (Å²) in [6.07, 6.45) is 0. The molecule has 0 amide bonds. The Bertz CT molecular complexity index is 559. The molecule has 1 aromatic heterocycles. The Morgan fingerprint density at radius 2 is 1.72 bits per heavy atom. The van der Waals surface area contributed by atoms with Crippen molar-refractivity contribution in [3.05, 3.63) is 47.9 Å². The van der Waals surface area contributed by atoms with Crippen molar-refractivity contribution in [2.45, 2.75) is 19.4 Å². The van der Waals surface area contributed by atoms with Gasteiger partial charge in [0.15, 0.2) is 0 Å². The highest BCUT2D eigenvalue weighted by Gasteiger charge is 2.21. The van der Waals surface area contributed by atoms with Gasteiger partial charge in [-0.2, -0.15) is 0 Å². The lowest BCUT2D eigenvalue weighted by Gasteiger charge is -2.19. The molecule has 1 aromatic carbocycles. The van der Waals surface area contributed by atoms with Crippen LogP contribution < -0.4 is 5.73 Å². The minimum Gasteiger partial charge on any atom is -0.397 e. The summed E-state index contributed by atoms with van der Waals surface area (Å²) in [6, 6.07) is 9.47. The Labute approximate surface area is 105 Å². The number of aromatic nitrogens is 1. The van der Waals surface area contributed by atoms with E-state index in [1.165, 1.54) is 12.1 Å². The zero-order chi connectivity index (χ0) is 13.3. The van der Waals surface area contributed by atoms with E-state index >= 15 is 0 Å². The quantitative estimate of drug-likeness (QED) is 0.856. The van der Waals surface area contributed by atoms with Gasteiger partial charge in [-0.05, 0) is 50.2 Å². The summed E-state index contributed by atoms with van der Waals surface area (Å²) >= 11 is 0. The average Bonchev–Trinajstić information content (AvgIpc) is 2.29. The van der Waals surface area contributed by atoms with E-state index < -0.39 is 5.60 Å². The number of pyridine rings is 1. The van der Waals surface area contributed by atoms with Crippen LogP contribution in [0.5, 0.6) is 0 Å². The van der Waals surface area contributed by atoms with E-state index in [4.69, 9.17) is 5.73 Å². The van der Waals surface area contributed by atoms with Gasteiger partial charge in [-0.25, -0.2) is 9.37 Å². The number of nitrogens with two attached hydrogens (primary N) is 1. The normalized spacial score (nSPS) is 11.6. The molecule has 3 N–H and O–H groups in total. The van der Waals surface area contributed by atoms with Crippen LogP contribution in [0, 0.1) is 5.82 Å². The van der Waals surface area contributed by atoms with Gasteiger partial charge in [0.1, 0.15) is 11.4 Å². The molecule has 0 spiro atoms. The number of benzene rings is 1. The summed E-state index contributed by atoms with van der Waals surface area (Å²) < 4.78 is 12.9. The van der Waals surface area contributed by atoms with Crippen LogP contribution in [-0.4, -0.2) is 10.1 Å². The van der Waals surface area contributed by atoms with Gasteiger partial charge in [0.25, 0.3) is 0 Å². The third-order valence-electron chi connectivity index (χ3n) is 2.65. The van der Waals surface area contributed by atoms with E-state index in [2.05, 4.69) is 4.98 Å². The van der Waals surface area contributed by atoms with Gasteiger partial charge in [-0.3, -0.25) is 0 Å². The van der Waals surface area contributed by atoms with Gasteiger partial charge in [-0.1, -0.05) is 0 Å². The fourth-order valence-corrected chi connectivity index (χ4v) is 1.74. The molecule has 2 rings (SSSR count). The van der Waals surface area contributed by atoms with Crippen molar-refractivity contribution in [3.63, 3.8) is 0 Å². The maximum atomic E-state index is 12.9. The number of hydrogen-bond donors (Lipinski definition) is 2. The number of anilines is 1. The van der Waals surface area contributed by atoms with E-state index in [1.54, 1.807) is 38.1 Å². The summed E-state index contributed by atoms with van der Waals surface area (Å²) in [5.74, 6) is -0.295. The van der Waals surface area contributed by atoms with Crippen molar-refractivity contribution in [2.24, 2.45) is 0 Å². The van der Waals surface area contributed by atoms with Crippen LogP contribution >= 0.6 is 0 Å². The van der Waals surface area contributed by atoms with Gasteiger partial charge in [-0.15, -0.1) is 0 Å². The first-order valence-electron chi connectivity index (χ1n) is 5.63. The van der Waals surface area contributed by atoms with Gasteiger partial charge in [0.05, 0.1) is 17.1 Å². The highest BCUT2D eigenvalue weighted by molar-refractivity contribution is 5.62. The fraction of sp³-hybridized carbons (Fsp3) is 0.214. The van der Waals surface area contributed by atoms with E-state index in [1.807, 2.05) is 0 Å². The van der Waals surface area contributed by atoms with Gasteiger partial charge < -0.3 is 10.8 Å². The molecule has 94 valence electrons.